The van der Waals surface area contributed by atoms with Gasteiger partial charge in [0.15, 0.2) is 5.96 Å². The van der Waals surface area contributed by atoms with Crippen molar-refractivity contribution in [3.8, 4) is 0 Å². The van der Waals surface area contributed by atoms with E-state index in [9.17, 15) is 63.0 Å². The van der Waals surface area contributed by atoms with Gasteiger partial charge in [-0.2, -0.15) is 0 Å². The van der Waals surface area contributed by atoms with Crippen molar-refractivity contribution in [2.24, 2.45) is 28.9 Å². The summed E-state index contributed by atoms with van der Waals surface area (Å²) in [6, 6.07) is -2.22. The highest BCUT2D eigenvalue weighted by atomic mass is 16.4. The molecular formula is C47H74N14O13. The van der Waals surface area contributed by atoms with Crippen LogP contribution in [0.15, 0.2) is 30.3 Å². The molecule has 0 bridgehead atoms. The van der Waals surface area contributed by atoms with Crippen molar-refractivity contribution in [3.63, 3.8) is 0 Å². The van der Waals surface area contributed by atoms with Crippen LogP contribution in [-0.2, 0) is 59.2 Å². The number of nitrogens with one attached hydrogen (secondary N) is 8. The number of likely N-dealkylation sites (tertiary alicyclic amines) is 2. The van der Waals surface area contributed by atoms with Crippen molar-refractivity contribution < 1.29 is 63.0 Å². The van der Waals surface area contributed by atoms with Crippen LogP contribution in [0.1, 0.15) is 96.5 Å². The van der Waals surface area contributed by atoms with Gasteiger partial charge in [-0.1, -0.05) is 44.2 Å². The normalized spacial score (nSPS) is 17.6. The lowest BCUT2D eigenvalue weighted by molar-refractivity contribution is -0.145. The van der Waals surface area contributed by atoms with Gasteiger partial charge in [-0.05, 0) is 82.2 Å². The number of amides is 9. The monoisotopic (exact) mass is 1040 g/mol. The van der Waals surface area contributed by atoms with Crippen LogP contribution in [0.25, 0.3) is 0 Å². The lowest BCUT2D eigenvalue weighted by Crippen LogP contribution is -2.60. The number of hydrogen-bond donors (Lipinski definition) is 14. The van der Waals surface area contributed by atoms with E-state index >= 15 is 0 Å². The van der Waals surface area contributed by atoms with Gasteiger partial charge >= 0.3 is 11.9 Å². The minimum absolute atomic E-state index is 0.0127. The summed E-state index contributed by atoms with van der Waals surface area (Å²) >= 11 is 0. The quantitative estimate of drug-likeness (QED) is 0.0191. The molecule has 0 spiro atoms. The summed E-state index contributed by atoms with van der Waals surface area (Å²) in [7, 11) is 0. The van der Waals surface area contributed by atoms with Gasteiger partial charge in [0.1, 0.15) is 48.3 Å². The van der Waals surface area contributed by atoms with Crippen LogP contribution in [0.5, 0.6) is 0 Å². The molecule has 0 saturated carbocycles. The molecule has 0 aliphatic carbocycles. The first kappa shape index (κ1) is 60.9. The number of hydrogen-bond acceptors (Lipinski definition) is 14. The first-order chi connectivity index (χ1) is 35.1. The molecule has 74 heavy (non-hydrogen) atoms. The van der Waals surface area contributed by atoms with E-state index in [1.807, 2.05) is 0 Å². The molecule has 3 rings (SSSR count). The van der Waals surface area contributed by atoms with E-state index in [4.69, 9.17) is 28.3 Å². The molecule has 2 fully saturated rings. The van der Waals surface area contributed by atoms with Crippen LogP contribution in [0.2, 0.25) is 0 Å². The molecule has 27 nitrogen and oxygen atoms in total. The minimum atomic E-state index is -1.82. The first-order valence-electron chi connectivity index (χ1n) is 24.7. The van der Waals surface area contributed by atoms with E-state index in [1.54, 1.807) is 44.2 Å². The molecule has 27 heteroatoms. The number of primary amides is 1. The number of carboxylic acid groups (broad SMARTS) is 2. The molecule has 9 amide bonds. The van der Waals surface area contributed by atoms with Gasteiger partial charge in [0.25, 0.3) is 0 Å². The Bertz CT molecular complexity index is 2170. The number of carbonyl (C=O) groups excluding carboxylic acids is 9. The average Bonchev–Trinajstić information content (AvgIpc) is 4.06. The summed E-state index contributed by atoms with van der Waals surface area (Å²) in [5.41, 5.74) is 22.6. The predicted molar refractivity (Wildman–Crippen MR) is 265 cm³/mol. The molecule has 1 aromatic carbocycles. The highest BCUT2D eigenvalue weighted by molar-refractivity contribution is 5.99. The first-order valence-corrected chi connectivity index (χ1v) is 24.7. The minimum Gasteiger partial charge on any atom is -0.481 e. The second kappa shape index (κ2) is 30.6. The van der Waals surface area contributed by atoms with Crippen molar-refractivity contribution in [1.82, 2.24) is 47.0 Å². The Morgan fingerprint density at radius 3 is 1.70 bits per heavy atom. The second-order valence-electron chi connectivity index (χ2n) is 18.6. The largest absolute Gasteiger partial charge is 0.481 e. The fraction of sp³-hybridized carbons (Fsp3) is 0.617. The lowest BCUT2D eigenvalue weighted by atomic mass is 10.0. The maximum absolute atomic E-state index is 14.4. The Labute approximate surface area is 428 Å². The van der Waals surface area contributed by atoms with Crippen molar-refractivity contribution in [2.75, 3.05) is 32.7 Å². The Morgan fingerprint density at radius 1 is 0.662 bits per heavy atom. The predicted octanol–water partition coefficient (Wildman–Crippen LogP) is -4.05. The zero-order valence-electron chi connectivity index (χ0n) is 41.9. The van der Waals surface area contributed by atoms with Gasteiger partial charge in [-0.15, -0.1) is 0 Å². The number of nitrogens with zero attached hydrogens (tertiary/aromatic N) is 2. The summed E-state index contributed by atoms with van der Waals surface area (Å²) in [5.74, 6) is -11.0. The number of aliphatic carboxylic acids is 2. The van der Waals surface area contributed by atoms with E-state index < -0.39 is 132 Å². The van der Waals surface area contributed by atoms with Gasteiger partial charge in [0, 0.05) is 32.5 Å². The summed E-state index contributed by atoms with van der Waals surface area (Å²) < 4.78 is 0. The highest BCUT2D eigenvalue weighted by Gasteiger charge is 2.42. The summed E-state index contributed by atoms with van der Waals surface area (Å²) in [6.45, 7) is 3.23. The van der Waals surface area contributed by atoms with Crippen molar-refractivity contribution >= 4 is 71.1 Å². The van der Waals surface area contributed by atoms with Crippen LogP contribution in [0.4, 0.5) is 0 Å². The van der Waals surface area contributed by atoms with Gasteiger partial charge < -0.3 is 80.2 Å². The third kappa shape index (κ3) is 19.5. The average molecular weight is 1040 g/mol. The Balaban J connectivity index is 1.86. The van der Waals surface area contributed by atoms with E-state index in [0.29, 0.717) is 18.4 Å². The molecular weight excluding hydrogens is 969 g/mol. The fourth-order valence-corrected chi connectivity index (χ4v) is 8.64. The Morgan fingerprint density at radius 2 is 1.19 bits per heavy atom. The van der Waals surface area contributed by atoms with E-state index in [2.05, 4.69) is 37.2 Å². The zero-order valence-corrected chi connectivity index (χ0v) is 41.9. The Kier molecular flexibility index (Phi) is 25.2. The lowest BCUT2D eigenvalue weighted by Gasteiger charge is -2.31. The van der Waals surface area contributed by atoms with Crippen LogP contribution in [-0.4, -0.2) is 172 Å². The highest BCUT2D eigenvalue weighted by Crippen LogP contribution is 2.22. The topological polar surface area (TPSA) is 447 Å². The third-order valence-electron chi connectivity index (χ3n) is 12.5. The zero-order chi connectivity index (χ0) is 55.1. The maximum atomic E-state index is 14.4. The molecule has 2 saturated heterocycles. The number of unbranched alkanes of at least 4 members (excludes halogenated alkanes) is 1. The smallest absolute Gasteiger partial charge is 0.326 e. The van der Waals surface area contributed by atoms with E-state index in [1.165, 1.54) is 4.90 Å². The second-order valence-corrected chi connectivity index (χ2v) is 18.6. The van der Waals surface area contributed by atoms with Crippen LogP contribution < -0.4 is 60.2 Å². The Hall–Kier alpha value is -7.42. The summed E-state index contributed by atoms with van der Waals surface area (Å²) in [4.78, 5) is 149. The van der Waals surface area contributed by atoms with Crippen LogP contribution >= 0.6 is 0 Å². The molecule has 1 aromatic rings. The SMILES string of the molecule is CC(C)[C@H](NC(=O)CN)C(=O)N[C@@H](CCC(N)=O)C(=O)N1CCC[C@H]1C(=O)N[C@@H](CC(=O)O)C(=O)N[C@@H](CCCCN)C(=O)N[C@@H](CCCNC(=N)N)C(=O)N1CCC[C@H]1C(=O)N[C@@H](Cc1ccccc1)C(=O)O. The third-order valence-corrected chi connectivity index (χ3v) is 12.5. The molecule has 18 N–H and O–H groups in total. The van der Waals surface area contributed by atoms with Crippen LogP contribution in [0, 0.1) is 11.3 Å². The molecule has 8 atom stereocenters. The van der Waals surface area contributed by atoms with Gasteiger partial charge in [0.2, 0.25) is 53.2 Å². The molecule has 410 valence electrons. The fourth-order valence-electron chi connectivity index (χ4n) is 8.64. The van der Waals surface area contributed by atoms with Crippen molar-refractivity contribution in [2.45, 2.75) is 146 Å². The maximum Gasteiger partial charge on any atom is 0.326 e. The van der Waals surface area contributed by atoms with Crippen molar-refractivity contribution in [1.29, 1.82) is 5.41 Å². The molecule has 0 aromatic heterocycles. The van der Waals surface area contributed by atoms with Crippen molar-refractivity contribution in [3.05, 3.63) is 35.9 Å². The van der Waals surface area contributed by atoms with E-state index in [0.717, 1.165) is 4.90 Å². The standard InChI is InChI=1S/C47H74N14O13/c1-26(2)38(59-36(63)25-49)43(70)56-30(17-18-35(50)62)45(72)61-22-9-15-33(61)41(68)57-31(24-37(64)65)40(67)54-28(13-6-7-19-48)39(66)55-29(14-8-20-53-47(51)52)44(71)60-21-10-16-34(60)42(69)58-32(46(73)74)23-27-11-4-3-5-12-27/h3-5,11-12,26,28-34,38H,6-10,13-25,48-49H2,1-2H3,(H2,50,62)(H,54,67)(H,55,66)(H,56,70)(H,57,68)(H,58,69)(H,59,63)(H,64,65)(H,73,74)(H4,51,52,53)/t28-,29-,30-,31-,32-,33-,34-,38-/m0/s1. The molecule has 2 aliphatic rings. The number of nitrogens with two attached hydrogens (primary N) is 4. The summed E-state index contributed by atoms with van der Waals surface area (Å²) in [5, 5.41) is 45.1. The van der Waals surface area contributed by atoms with Crippen LogP contribution in [0.3, 0.4) is 0 Å². The molecule has 0 unspecified atom stereocenters. The number of carbonyl (C=O) groups is 11. The number of rotatable bonds is 31. The van der Waals surface area contributed by atoms with E-state index in [-0.39, 0.29) is 96.3 Å². The molecule has 2 heterocycles. The molecule has 0 radical (unpaired) electrons. The summed E-state index contributed by atoms with van der Waals surface area (Å²) in [6.07, 6.45) is -0.0875. The number of carboxylic acids is 2. The van der Waals surface area contributed by atoms with Gasteiger partial charge in [0.05, 0.1) is 13.0 Å². The van der Waals surface area contributed by atoms with Gasteiger partial charge in [-0.25, -0.2) is 4.79 Å². The van der Waals surface area contributed by atoms with Gasteiger partial charge in [-0.3, -0.25) is 53.4 Å². The molecule has 2 aliphatic heterocycles. The number of benzene rings is 1. The number of guanidine groups is 1.